The third-order valence-corrected chi connectivity index (χ3v) is 4.27. The number of nitrogens with zero attached hydrogens (tertiary/aromatic N) is 4. The first-order chi connectivity index (χ1) is 13.5. The fourth-order valence-electron chi connectivity index (χ4n) is 2.82. The number of benzene rings is 2. The van der Waals surface area contributed by atoms with E-state index in [9.17, 15) is 9.59 Å². The van der Waals surface area contributed by atoms with Gasteiger partial charge in [0.25, 0.3) is 0 Å². The summed E-state index contributed by atoms with van der Waals surface area (Å²) in [5, 5.41) is 16.5. The maximum Gasteiger partial charge on any atom is 0.336 e. The highest BCUT2D eigenvalue weighted by Crippen LogP contribution is 2.22. The fourth-order valence-corrected chi connectivity index (χ4v) is 2.94. The van der Waals surface area contributed by atoms with Crippen molar-refractivity contribution in [3.8, 4) is 11.4 Å². The third-order valence-electron chi connectivity index (χ3n) is 4.02. The molecule has 0 unspecified atom stereocenters. The number of aromatic nitrogens is 4. The molecule has 4 aromatic rings. The van der Waals surface area contributed by atoms with E-state index in [-0.39, 0.29) is 12.5 Å². The summed E-state index contributed by atoms with van der Waals surface area (Å²) in [6, 6.07) is 13.6. The molecule has 0 radical (unpaired) electrons. The summed E-state index contributed by atoms with van der Waals surface area (Å²) < 4.78 is 5.26. The second kappa shape index (κ2) is 7.24. The van der Waals surface area contributed by atoms with Crippen molar-refractivity contribution in [1.82, 2.24) is 20.2 Å². The topological polar surface area (TPSA) is 103 Å². The van der Waals surface area contributed by atoms with Gasteiger partial charge in [-0.05, 0) is 47.2 Å². The molecule has 0 saturated carbocycles. The Bertz CT molecular complexity index is 1230. The van der Waals surface area contributed by atoms with E-state index in [0.29, 0.717) is 27.7 Å². The molecule has 2 heterocycles. The second-order valence-corrected chi connectivity index (χ2v) is 6.57. The van der Waals surface area contributed by atoms with Crippen molar-refractivity contribution in [2.24, 2.45) is 0 Å². The summed E-state index contributed by atoms with van der Waals surface area (Å²) >= 11 is 5.90. The molecule has 140 valence electrons. The average Bonchev–Trinajstić information content (AvgIpc) is 3.10. The zero-order chi connectivity index (χ0) is 19.7. The van der Waals surface area contributed by atoms with Crippen LogP contribution in [0.1, 0.15) is 12.5 Å². The van der Waals surface area contributed by atoms with Gasteiger partial charge in [-0.1, -0.05) is 11.6 Å². The minimum atomic E-state index is -0.500. The van der Waals surface area contributed by atoms with Gasteiger partial charge < -0.3 is 9.73 Å². The highest BCUT2D eigenvalue weighted by Gasteiger charge is 2.11. The predicted octanol–water partition coefficient (Wildman–Crippen LogP) is 3.11. The van der Waals surface area contributed by atoms with Crippen molar-refractivity contribution < 1.29 is 9.21 Å². The van der Waals surface area contributed by atoms with E-state index < -0.39 is 5.63 Å². The largest absolute Gasteiger partial charge is 0.423 e. The minimum Gasteiger partial charge on any atom is -0.423 e. The van der Waals surface area contributed by atoms with Gasteiger partial charge in [-0.2, -0.15) is 4.80 Å². The molecule has 28 heavy (non-hydrogen) atoms. The van der Waals surface area contributed by atoms with E-state index >= 15 is 0 Å². The second-order valence-electron chi connectivity index (χ2n) is 6.13. The Hall–Kier alpha value is -3.52. The number of tetrazole rings is 1. The molecule has 0 spiro atoms. The summed E-state index contributed by atoms with van der Waals surface area (Å²) in [6.45, 7) is 1.65. The first-order valence-electron chi connectivity index (χ1n) is 8.36. The Morgan fingerprint density at radius 2 is 1.96 bits per heavy atom. The zero-order valence-corrected chi connectivity index (χ0v) is 15.5. The van der Waals surface area contributed by atoms with Gasteiger partial charge in [0.15, 0.2) is 0 Å². The normalized spacial score (nSPS) is 10.9. The fraction of sp³-hybridized carbons (Fsp3) is 0.105. The standard InChI is InChI=1S/C19H14ClN5O3/c1-11(26)21-15-6-7-16-13(8-18(27)28-17(16)9-15)10-25-23-19(22-24-25)12-2-4-14(20)5-3-12/h2-9H,10H2,1H3,(H,21,26). The van der Waals surface area contributed by atoms with Crippen molar-refractivity contribution in [1.29, 1.82) is 0 Å². The van der Waals surface area contributed by atoms with Crippen LogP contribution in [-0.4, -0.2) is 26.1 Å². The van der Waals surface area contributed by atoms with E-state index in [0.717, 1.165) is 10.9 Å². The first kappa shape index (κ1) is 17.9. The number of hydrogen-bond donors (Lipinski definition) is 1. The highest BCUT2D eigenvalue weighted by atomic mass is 35.5. The average molecular weight is 396 g/mol. The van der Waals surface area contributed by atoms with Gasteiger partial charge >= 0.3 is 5.63 Å². The van der Waals surface area contributed by atoms with Gasteiger partial charge in [-0.15, -0.1) is 10.2 Å². The number of fused-ring (bicyclic) bond motifs is 1. The van der Waals surface area contributed by atoms with Crippen LogP contribution in [0.25, 0.3) is 22.4 Å². The number of anilines is 1. The maximum atomic E-state index is 12.0. The molecule has 0 bridgehead atoms. The molecular weight excluding hydrogens is 382 g/mol. The lowest BCUT2D eigenvalue weighted by atomic mass is 10.1. The molecule has 0 aliphatic carbocycles. The number of carbonyl (C=O) groups is 1. The molecule has 2 aromatic heterocycles. The molecule has 9 heteroatoms. The Labute approximate surface area is 163 Å². The smallest absolute Gasteiger partial charge is 0.336 e. The Balaban J connectivity index is 1.67. The van der Waals surface area contributed by atoms with Crippen LogP contribution in [0.15, 0.2) is 57.7 Å². The summed E-state index contributed by atoms with van der Waals surface area (Å²) in [7, 11) is 0. The van der Waals surface area contributed by atoms with Crippen molar-refractivity contribution in [2.75, 3.05) is 5.32 Å². The summed E-state index contributed by atoms with van der Waals surface area (Å²) in [6.07, 6.45) is 0. The lowest BCUT2D eigenvalue weighted by molar-refractivity contribution is -0.114. The lowest BCUT2D eigenvalue weighted by Crippen LogP contribution is -2.09. The van der Waals surface area contributed by atoms with E-state index in [1.54, 1.807) is 42.5 Å². The van der Waals surface area contributed by atoms with Gasteiger partial charge in [0.05, 0.1) is 6.54 Å². The molecule has 2 aromatic carbocycles. The Morgan fingerprint density at radius 1 is 1.18 bits per heavy atom. The summed E-state index contributed by atoms with van der Waals surface area (Å²) in [5.74, 6) is 0.247. The van der Waals surface area contributed by atoms with Crippen molar-refractivity contribution in [3.63, 3.8) is 0 Å². The van der Waals surface area contributed by atoms with Crippen molar-refractivity contribution in [3.05, 3.63) is 69.5 Å². The lowest BCUT2D eigenvalue weighted by Gasteiger charge is -2.07. The number of hydrogen-bond acceptors (Lipinski definition) is 6. The maximum absolute atomic E-state index is 12.0. The molecule has 0 aliphatic rings. The van der Waals surface area contributed by atoms with Crippen LogP contribution in [0, 0.1) is 0 Å². The van der Waals surface area contributed by atoms with Crippen LogP contribution in [-0.2, 0) is 11.3 Å². The van der Waals surface area contributed by atoms with Crippen molar-refractivity contribution >= 4 is 34.2 Å². The van der Waals surface area contributed by atoms with Gasteiger partial charge in [0.2, 0.25) is 11.7 Å². The molecule has 0 saturated heterocycles. The van der Waals surface area contributed by atoms with E-state index in [2.05, 4.69) is 20.7 Å². The monoisotopic (exact) mass is 395 g/mol. The van der Waals surface area contributed by atoms with E-state index in [1.165, 1.54) is 17.8 Å². The SMILES string of the molecule is CC(=O)Nc1ccc2c(Cn3nnc(-c4ccc(Cl)cc4)n3)cc(=O)oc2c1. The number of rotatable bonds is 4. The predicted molar refractivity (Wildman–Crippen MR) is 104 cm³/mol. The minimum absolute atomic E-state index is 0.209. The van der Waals surface area contributed by atoms with Crippen LogP contribution in [0.3, 0.4) is 0 Å². The number of carbonyl (C=O) groups excluding carboxylic acids is 1. The molecule has 0 aliphatic heterocycles. The van der Waals surface area contributed by atoms with Crippen LogP contribution in [0.2, 0.25) is 5.02 Å². The van der Waals surface area contributed by atoms with E-state index in [1.807, 2.05) is 0 Å². The van der Waals surface area contributed by atoms with Gasteiger partial charge in [0.1, 0.15) is 5.58 Å². The molecule has 8 nitrogen and oxygen atoms in total. The number of halogens is 1. The van der Waals surface area contributed by atoms with Gasteiger partial charge in [0, 0.05) is 40.7 Å². The molecule has 1 amide bonds. The van der Waals surface area contributed by atoms with Crippen LogP contribution in [0.4, 0.5) is 5.69 Å². The van der Waals surface area contributed by atoms with Crippen LogP contribution in [0.5, 0.6) is 0 Å². The number of amides is 1. The van der Waals surface area contributed by atoms with Crippen molar-refractivity contribution in [2.45, 2.75) is 13.5 Å². The zero-order valence-electron chi connectivity index (χ0n) is 14.7. The van der Waals surface area contributed by atoms with E-state index in [4.69, 9.17) is 16.0 Å². The molecule has 0 atom stereocenters. The van der Waals surface area contributed by atoms with Crippen LogP contribution < -0.4 is 10.9 Å². The first-order valence-corrected chi connectivity index (χ1v) is 8.74. The summed E-state index contributed by atoms with van der Waals surface area (Å²) in [4.78, 5) is 24.6. The highest BCUT2D eigenvalue weighted by molar-refractivity contribution is 6.30. The molecular formula is C19H14ClN5O3. The molecule has 1 N–H and O–H groups in total. The van der Waals surface area contributed by atoms with Crippen LogP contribution >= 0.6 is 11.6 Å². The Kier molecular flexibility index (Phi) is 4.62. The number of nitrogens with one attached hydrogen (secondary N) is 1. The molecule has 0 fully saturated rings. The van der Waals surface area contributed by atoms with Gasteiger partial charge in [-0.3, -0.25) is 4.79 Å². The summed E-state index contributed by atoms with van der Waals surface area (Å²) in [5.41, 5.74) is 1.88. The Morgan fingerprint density at radius 3 is 2.71 bits per heavy atom. The quantitative estimate of drug-likeness (QED) is 0.532. The third kappa shape index (κ3) is 3.77. The van der Waals surface area contributed by atoms with Gasteiger partial charge in [-0.25, -0.2) is 4.79 Å². The molecule has 4 rings (SSSR count).